The molecule has 3 heterocycles. The van der Waals surface area contributed by atoms with Crippen LogP contribution in [0.15, 0.2) is 12.7 Å². The molecule has 2 aromatic rings. The number of aliphatic hydroxyl groups is 2. The average molecular weight is 337 g/mol. The van der Waals surface area contributed by atoms with Crippen molar-refractivity contribution in [2.24, 2.45) is 0 Å². The molecular formula is C11H11F4N5O3. The van der Waals surface area contributed by atoms with Crippen molar-refractivity contribution in [2.45, 2.75) is 30.3 Å². The highest BCUT2D eigenvalue weighted by Gasteiger charge is 2.70. The molecule has 1 saturated heterocycles. The summed E-state index contributed by atoms with van der Waals surface area (Å²) in [5, 5.41) is 18.7. The molecule has 0 radical (unpaired) electrons. The molecule has 3 rings (SSSR count). The number of hydrogen-bond donors (Lipinski definition) is 3. The largest absolute Gasteiger partial charge is 0.393 e. The van der Waals surface area contributed by atoms with Gasteiger partial charge in [-0.15, -0.1) is 0 Å². The number of rotatable bonds is 3. The maximum absolute atomic E-state index is 14.3. The van der Waals surface area contributed by atoms with Crippen molar-refractivity contribution in [3.05, 3.63) is 12.7 Å². The van der Waals surface area contributed by atoms with Crippen molar-refractivity contribution in [1.29, 1.82) is 0 Å². The molecule has 2 aromatic heterocycles. The Balaban J connectivity index is 2.14. The van der Waals surface area contributed by atoms with Gasteiger partial charge in [-0.05, 0) is 0 Å². The van der Waals surface area contributed by atoms with Crippen LogP contribution in [0.2, 0.25) is 0 Å². The van der Waals surface area contributed by atoms with Crippen LogP contribution in [0.25, 0.3) is 11.2 Å². The lowest BCUT2D eigenvalue weighted by Crippen LogP contribution is -2.53. The Morgan fingerprint density at radius 3 is 2.61 bits per heavy atom. The minimum absolute atomic E-state index is 0.0278. The van der Waals surface area contributed by atoms with Crippen molar-refractivity contribution in [3.8, 4) is 0 Å². The number of fused-ring (bicyclic) bond motifs is 1. The van der Waals surface area contributed by atoms with E-state index in [-0.39, 0.29) is 17.0 Å². The van der Waals surface area contributed by atoms with Gasteiger partial charge in [0.25, 0.3) is 6.43 Å². The van der Waals surface area contributed by atoms with E-state index in [2.05, 4.69) is 15.0 Å². The van der Waals surface area contributed by atoms with Crippen LogP contribution in [0.5, 0.6) is 0 Å². The van der Waals surface area contributed by atoms with Crippen molar-refractivity contribution in [2.75, 3.05) is 12.3 Å². The molecule has 0 spiro atoms. The highest BCUT2D eigenvalue weighted by atomic mass is 19.3. The van der Waals surface area contributed by atoms with E-state index in [0.29, 0.717) is 4.57 Å². The van der Waals surface area contributed by atoms with E-state index in [0.717, 1.165) is 12.7 Å². The zero-order valence-corrected chi connectivity index (χ0v) is 11.3. The third-order valence-electron chi connectivity index (χ3n) is 3.74. The number of nitrogens with two attached hydrogens (primary N) is 1. The van der Waals surface area contributed by atoms with Crippen molar-refractivity contribution in [1.82, 2.24) is 19.5 Å². The molecule has 1 aliphatic heterocycles. The number of aliphatic hydroxyl groups excluding tert-OH is 2. The van der Waals surface area contributed by atoms with E-state index in [4.69, 9.17) is 15.6 Å². The summed E-state index contributed by atoms with van der Waals surface area (Å²) >= 11 is 0. The molecule has 0 amide bonds. The van der Waals surface area contributed by atoms with Crippen LogP contribution in [0.3, 0.4) is 0 Å². The Bertz CT molecular complexity index is 742. The summed E-state index contributed by atoms with van der Waals surface area (Å²) in [6, 6.07) is 0. The van der Waals surface area contributed by atoms with E-state index < -0.39 is 36.9 Å². The summed E-state index contributed by atoms with van der Waals surface area (Å²) in [5.41, 5.74) is 2.19. The number of halogens is 4. The molecule has 0 aromatic carbocycles. The fourth-order valence-corrected chi connectivity index (χ4v) is 2.46. The van der Waals surface area contributed by atoms with Crippen LogP contribution in [0.1, 0.15) is 6.23 Å². The second-order valence-corrected chi connectivity index (χ2v) is 5.04. The van der Waals surface area contributed by atoms with Crippen molar-refractivity contribution < 1.29 is 32.5 Å². The zero-order valence-electron chi connectivity index (χ0n) is 11.3. The van der Waals surface area contributed by atoms with E-state index in [1.54, 1.807) is 0 Å². The van der Waals surface area contributed by atoms with Gasteiger partial charge in [-0.2, -0.15) is 8.78 Å². The Labute approximate surface area is 125 Å². The number of anilines is 1. The lowest BCUT2D eigenvalue weighted by atomic mass is 9.96. The van der Waals surface area contributed by atoms with Gasteiger partial charge < -0.3 is 20.7 Å². The molecule has 0 aliphatic carbocycles. The molecule has 12 heteroatoms. The first-order chi connectivity index (χ1) is 10.8. The quantitative estimate of drug-likeness (QED) is 0.671. The summed E-state index contributed by atoms with van der Waals surface area (Å²) in [6.45, 7) is -1.50. The summed E-state index contributed by atoms with van der Waals surface area (Å²) in [6.07, 6.45) is -6.99. The molecule has 0 unspecified atom stereocenters. The van der Waals surface area contributed by atoms with Gasteiger partial charge in [-0.1, -0.05) is 0 Å². The summed E-state index contributed by atoms with van der Waals surface area (Å²) in [7, 11) is 0. The van der Waals surface area contributed by atoms with E-state index in [1.807, 2.05) is 0 Å². The average Bonchev–Trinajstić information content (AvgIpc) is 3.00. The van der Waals surface area contributed by atoms with Gasteiger partial charge in [0.1, 0.15) is 11.8 Å². The van der Waals surface area contributed by atoms with Crippen LogP contribution in [-0.4, -0.2) is 60.4 Å². The second kappa shape index (κ2) is 4.97. The highest BCUT2D eigenvalue weighted by molar-refractivity contribution is 5.81. The van der Waals surface area contributed by atoms with Crippen molar-refractivity contribution >= 4 is 17.0 Å². The third kappa shape index (κ3) is 1.98. The SMILES string of the molecule is Nc1ncnc2c1ncn2[C@@H]1O[C@@](CO)(C(F)F)[C@@H](O)C1(F)F. The third-order valence-corrected chi connectivity index (χ3v) is 3.74. The molecular weight excluding hydrogens is 326 g/mol. The Morgan fingerprint density at radius 1 is 1.35 bits per heavy atom. The Hall–Kier alpha value is -2.05. The highest BCUT2D eigenvalue weighted by Crippen LogP contribution is 2.50. The number of alkyl halides is 4. The topological polar surface area (TPSA) is 119 Å². The van der Waals surface area contributed by atoms with Gasteiger partial charge in [0, 0.05) is 0 Å². The van der Waals surface area contributed by atoms with Gasteiger partial charge in [0.2, 0.25) is 6.23 Å². The van der Waals surface area contributed by atoms with Crippen LogP contribution in [-0.2, 0) is 4.74 Å². The monoisotopic (exact) mass is 337 g/mol. The van der Waals surface area contributed by atoms with Gasteiger partial charge >= 0.3 is 5.92 Å². The number of nitrogen functional groups attached to an aromatic ring is 1. The standard InChI is InChI=1S/C11H11F4N5O3/c12-8(13)10(1-21)7(22)11(14,15)9(23-10)20-3-19-4-5(16)17-2-18-6(4)20/h2-3,7-9,21-22H,1H2,(H2,16,17,18)/t7-,9-,10-/m1/s1. The fourth-order valence-electron chi connectivity index (χ4n) is 2.46. The van der Waals surface area contributed by atoms with E-state index in [9.17, 15) is 22.7 Å². The minimum atomic E-state index is -4.13. The van der Waals surface area contributed by atoms with Crippen molar-refractivity contribution in [3.63, 3.8) is 0 Å². The number of aromatic nitrogens is 4. The normalized spacial score (nSPS) is 30.4. The first-order valence-corrected chi connectivity index (χ1v) is 6.31. The molecule has 0 bridgehead atoms. The molecule has 126 valence electrons. The molecule has 3 atom stereocenters. The van der Waals surface area contributed by atoms with Crippen LogP contribution < -0.4 is 5.73 Å². The van der Waals surface area contributed by atoms with E-state index >= 15 is 0 Å². The number of imidazole rings is 1. The molecule has 4 N–H and O–H groups in total. The number of nitrogens with zero attached hydrogens (tertiary/aromatic N) is 4. The smallest absolute Gasteiger partial charge is 0.320 e. The first kappa shape index (κ1) is 15.8. The minimum Gasteiger partial charge on any atom is -0.393 e. The predicted molar refractivity (Wildman–Crippen MR) is 66.6 cm³/mol. The van der Waals surface area contributed by atoms with E-state index in [1.165, 1.54) is 0 Å². The summed E-state index contributed by atoms with van der Waals surface area (Å²) in [5.74, 6) is -4.23. The van der Waals surface area contributed by atoms with Gasteiger partial charge in [-0.3, -0.25) is 4.57 Å². The maximum Gasteiger partial charge on any atom is 0.320 e. The van der Waals surface area contributed by atoms with Gasteiger partial charge in [0.15, 0.2) is 23.2 Å². The summed E-state index contributed by atoms with van der Waals surface area (Å²) < 4.78 is 60.2. The Kier molecular flexibility index (Phi) is 3.42. The number of hydrogen-bond acceptors (Lipinski definition) is 7. The molecule has 0 saturated carbocycles. The van der Waals surface area contributed by atoms with Gasteiger partial charge in [0.05, 0.1) is 12.9 Å². The lowest BCUT2D eigenvalue weighted by molar-refractivity contribution is -0.194. The zero-order chi connectivity index (χ0) is 17.0. The first-order valence-electron chi connectivity index (χ1n) is 6.31. The molecule has 1 fully saturated rings. The second-order valence-electron chi connectivity index (χ2n) is 5.04. The van der Waals surface area contributed by atoms with Crippen LogP contribution in [0.4, 0.5) is 23.4 Å². The molecule has 8 nitrogen and oxygen atoms in total. The predicted octanol–water partition coefficient (Wildman–Crippen LogP) is -0.0703. The van der Waals surface area contributed by atoms with Crippen LogP contribution >= 0.6 is 0 Å². The van der Waals surface area contributed by atoms with Gasteiger partial charge in [-0.25, -0.2) is 23.7 Å². The molecule has 23 heavy (non-hydrogen) atoms. The Morgan fingerprint density at radius 2 is 2.04 bits per heavy atom. The van der Waals surface area contributed by atoms with Crippen LogP contribution in [0, 0.1) is 0 Å². The summed E-state index contributed by atoms with van der Waals surface area (Å²) in [4.78, 5) is 11.1. The lowest BCUT2D eigenvalue weighted by Gasteiger charge is -2.28. The molecule has 1 aliphatic rings. The fraction of sp³-hybridized carbons (Fsp3) is 0.545. The maximum atomic E-state index is 14.3. The number of ether oxygens (including phenoxy) is 1.